The Balaban J connectivity index is 0.00000112. The molecular weight excluding hydrogens is 223 g/mol. The second-order valence-corrected chi connectivity index (χ2v) is 4.97. The van der Waals surface area contributed by atoms with Crippen molar-refractivity contribution in [1.82, 2.24) is 0 Å². The van der Waals surface area contributed by atoms with Gasteiger partial charge in [-0.25, -0.2) is 0 Å². The summed E-state index contributed by atoms with van der Waals surface area (Å²) in [5.41, 5.74) is 1.87. The SMILES string of the molecule is O=S(=O)(O)c1cccc2c1CCCC2.[Na]. The van der Waals surface area contributed by atoms with Crippen LogP contribution in [0, 0.1) is 0 Å². The van der Waals surface area contributed by atoms with Crippen LogP contribution in [-0.2, 0) is 23.0 Å². The summed E-state index contributed by atoms with van der Waals surface area (Å²) in [6.07, 6.45) is 3.77. The van der Waals surface area contributed by atoms with Gasteiger partial charge in [0, 0.05) is 29.6 Å². The summed E-state index contributed by atoms with van der Waals surface area (Å²) in [5, 5.41) is 0. The van der Waals surface area contributed by atoms with Crippen molar-refractivity contribution in [3.8, 4) is 0 Å². The number of fused-ring (bicyclic) bond motifs is 1. The molecule has 0 heterocycles. The van der Waals surface area contributed by atoms with E-state index in [1.807, 2.05) is 6.07 Å². The van der Waals surface area contributed by atoms with Gasteiger partial charge in [0.15, 0.2) is 0 Å². The Bertz CT molecular complexity index is 454. The van der Waals surface area contributed by atoms with Crippen molar-refractivity contribution in [3.05, 3.63) is 29.3 Å². The zero-order chi connectivity index (χ0) is 10.2. The monoisotopic (exact) mass is 235 g/mol. The molecule has 2 rings (SSSR count). The molecule has 0 bridgehead atoms. The van der Waals surface area contributed by atoms with Gasteiger partial charge in [-0.3, -0.25) is 4.55 Å². The van der Waals surface area contributed by atoms with Crippen LogP contribution in [0.15, 0.2) is 23.1 Å². The van der Waals surface area contributed by atoms with Gasteiger partial charge >= 0.3 is 0 Å². The topological polar surface area (TPSA) is 54.4 Å². The third kappa shape index (κ3) is 2.82. The number of benzene rings is 1. The molecule has 1 aliphatic rings. The van der Waals surface area contributed by atoms with Crippen molar-refractivity contribution >= 4 is 39.7 Å². The molecular formula is C10H12NaO3S. The number of aryl methyl sites for hydroxylation is 1. The Hall–Kier alpha value is 0.130. The van der Waals surface area contributed by atoms with E-state index < -0.39 is 10.1 Å². The Morgan fingerprint density at radius 3 is 2.47 bits per heavy atom. The van der Waals surface area contributed by atoms with Gasteiger partial charge in [-0.05, 0) is 42.9 Å². The van der Waals surface area contributed by atoms with E-state index in [-0.39, 0.29) is 34.5 Å². The Labute approximate surface area is 112 Å². The van der Waals surface area contributed by atoms with Gasteiger partial charge in [-0.1, -0.05) is 12.1 Å². The zero-order valence-corrected chi connectivity index (χ0v) is 11.5. The summed E-state index contributed by atoms with van der Waals surface area (Å²) in [5.74, 6) is 0. The molecule has 0 aromatic heterocycles. The molecule has 5 heteroatoms. The minimum atomic E-state index is -4.04. The molecule has 1 N–H and O–H groups in total. The molecule has 3 nitrogen and oxygen atoms in total. The summed E-state index contributed by atoms with van der Waals surface area (Å²) in [6, 6.07) is 5.09. The molecule has 0 atom stereocenters. The molecule has 1 aromatic rings. The standard InChI is InChI=1S/C10H12O3S.Na/c11-14(12,13)10-7-3-5-8-4-1-2-6-9(8)10;/h3,5,7H,1-2,4,6H2,(H,11,12,13);. The van der Waals surface area contributed by atoms with Crippen molar-refractivity contribution in [2.75, 3.05) is 0 Å². The molecule has 0 amide bonds. The summed E-state index contributed by atoms with van der Waals surface area (Å²) >= 11 is 0. The van der Waals surface area contributed by atoms with Crippen LogP contribution in [0.1, 0.15) is 24.0 Å². The molecule has 0 fully saturated rings. The van der Waals surface area contributed by atoms with Crippen LogP contribution >= 0.6 is 0 Å². The van der Waals surface area contributed by atoms with Gasteiger partial charge in [0.25, 0.3) is 10.1 Å². The molecule has 1 radical (unpaired) electrons. The molecule has 15 heavy (non-hydrogen) atoms. The predicted molar refractivity (Wildman–Crippen MR) is 58.7 cm³/mol. The minimum Gasteiger partial charge on any atom is -0.282 e. The van der Waals surface area contributed by atoms with Crippen LogP contribution in [0.2, 0.25) is 0 Å². The second kappa shape index (κ2) is 4.97. The third-order valence-corrected chi connectivity index (χ3v) is 3.57. The largest absolute Gasteiger partial charge is 0.294 e. The van der Waals surface area contributed by atoms with Crippen LogP contribution in [0.5, 0.6) is 0 Å². The van der Waals surface area contributed by atoms with Crippen LogP contribution in [0.4, 0.5) is 0 Å². The normalized spacial score (nSPS) is 15.3. The van der Waals surface area contributed by atoms with Crippen molar-refractivity contribution in [2.45, 2.75) is 30.6 Å². The van der Waals surface area contributed by atoms with Crippen molar-refractivity contribution in [1.29, 1.82) is 0 Å². The fourth-order valence-electron chi connectivity index (χ4n) is 1.99. The summed E-state index contributed by atoms with van der Waals surface area (Å²) in [7, 11) is -4.04. The summed E-state index contributed by atoms with van der Waals surface area (Å²) in [4.78, 5) is 0.0923. The number of hydrogen-bond donors (Lipinski definition) is 1. The Morgan fingerprint density at radius 1 is 1.13 bits per heavy atom. The second-order valence-electron chi connectivity index (χ2n) is 3.58. The summed E-state index contributed by atoms with van der Waals surface area (Å²) in [6.45, 7) is 0. The van der Waals surface area contributed by atoms with Gasteiger partial charge in [0.1, 0.15) is 0 Å². The van der Waals surface area contributed by atoms with E-state index >= 15 is 0 Å². The average molecular weight is 235 g/mol. The van der Waals surface area contributed by atoms with Gasteiger partial charge in [-0.2, -0.15) is 8.42 Å². The molecule has 1 aliphatic carbocycles. The first-order valence-corrected chi connectivity index (χ1v) is 6.11. The first-order valence-electron chi connectivity index (χ1n) is 4.67. The van der Waals surface area contributed by atoms with Crippen LogP contribution in [-0.4, -0.2) is 42.5 Å². The van der Waals surface area contributed by atoms with E-state index in [0.717, 1.165) is 36.8 Å². The first kappa shape index (κ1) is 13.2. The summed E-state index contributed by atoms with van der Waals surface area (Å²) < 4.78 is 31.1. The Kier molecular flexibility index (Phi) is 4.38. The number of hydrogen-bond acceptors (Lipinski definition) is 2. The smallest absolute Gasteiger partial charge is 0.282 e. The maximum Gasteiger partial charge on any atom is 0.294 e. The number of rotatable bonds is 1. The van der Waals surface area contributed by atoms with Crippen LogP contribution < -0.4 is 0 Å². The van der Waals surface area contributed by atoms with Crippen LogP contribution in [0.3, 0.4) is 0 Å². The van der Waals surface area contributed by atoms with Gasteiger partial charge < -0.3 is 0 Å². The molecule has 0 unspecified atom stereocenters. The third-order valence-electron chi connectivity index (χ3n) is 2.63. The molecule has 77 valence electrons. The maximum absolute atomic E-state index is 11.1. The van der Waals surface area contributed by atoms with E-state index in [4.69, 9.17) is 4.55 Å². The molecule has 0 spiro atoms. The van der Waals surface area contributed by atoms with Gasteiger partial charge in [0.2, 0.25) is 0 Å². The average Bonchev–Trinajstić information content (AvgIpc) is 2.15. The quantitative estimate of drug-likeness (QED) is 0.592. The zero-order valence-electron chi connectivity index (χ0n) is 8.73. The maximum atomic E-state index is 11.1. The van der Waals surface area contributed by atoms with Crippen molar-refractivity contribution in [2.24, 2.45) is 0 Å². The first-order chi connectivity index (χ1) is 6.59. The van der Waals surface area contributed by atoms with Gasteiger partial charge in [0.05, 0.1) is 4.90 Å². The van der Waals surface area contributed by atoms with Crippen LogP contribution in [0.25, 0.3) is 0 Å². The van der Waals surface area contributed by atoms with Crippen molar-refractivity contribution < 1.29 is 13.0 Å². The van der Waals surface area contributed by atoms with E-state index in [0.29, 0.717) is 0 Å². The predicted octanol–water partition coefficient (Wildman–Crippen LogP) is 1.43. The minimum absolute atomic E-state index is 0. The van der Waals surface area contributed by atoms with E-state index in [2.05, 4.69) is 0 Å². The molecule has 0 saturated heterocycles. The molecule has 0 aliphatic heterocycles. The molecule has 1 aromatic carbocycles. The van der Waals surface area contributed by atoms with Gasteiger partial charge in [-0.15, -0.1) is 0 Å². The fraction of sp³-hybridized carbons (Fsp3) is 0.400. The Morgan fingerprint density at radius 2 is 1.80 bits per heavy atom. The fourth-order valence-corrected chi connectivity index (χ4v) is 2.78. The van der Waals surface area contributed by atoms with Crippen molar-refractivity contribution in [3.63, 3.8) is 0 Å². The van der Waals surface area contributed by atoms with E-state index in [1.165, 1.54) is 6.07 Å². The van der Waals surface area contributed by atoms with E-state index in [1.54, 1.807) is 6.07 Å². The molecule has 0 saturated carbocycles. The van der Waals surface area contributed by atoms with E-state index in [9.17, 15) is 8.42 Å².